The Bertz CT molecular complexity index is 101. The Balaban J connectivity index is 1.93. The third-order valence-corrected chi connectivity index (χ3v) is 2.44. The van der Waals surface area contributed by atoms with Crippen molar-refractivity contribution in [2.45, 2.75) is 24.8 Å². The van der Waals surface area contributed by atoms with Crippen LogP contribution in [0.25, 0.3) is 0 Å². The van der Waals surface area contributed by atoms with E-state index in [2.05, 4.69) is 5.32 Å². The fourth-order valence-electron chi connectivity index (χ4n) is 1.63. The maximum atomic E-state index is 5.36. The van der Waals surface area contributed by atoms with E-state index in [-0.39, 0.29) is 0 Å². The molecule has 52 valence electrons. The Morgan fingerprint density at radius 3 is 2.56 bits per heavy atom. The van der Waals surface area contributed by atoms with E-state index in [0.29, 0.717) is 5.54 Å². The number of nitrogens with one attached hydrogen (secondary N) is 1. The van der Waals surface area contributed by atoms with E-state index in [9.17, 15) is 0 Å². The van der Waals surface area contributed by atoms with Gasteiger partial charge in [-0.1, -0.05) is 0 Å². The van der Waals surface area contributed by atoms with Gasteiger partial charge in [-0.2, -0.15) is 0 Å². The van der Waals surface area contributed by atoms with Crippen molar-refractivity contribution in [2.24, 2.45) is 0 Å². The summed E-state index contributed by atoms with van der Waals surface area (Å²) in [7, 11) is 0. The molecule has 1 saturated carbocycles. The third-order valence-electron chi connectivity index (χ3n) is 2.44. The van der Waals surface area contributed by atoms with Crippen LogP contribution in [0.4, 0.5) is 0 Å². The summed E-state index contributed by atoms with van der Waals surface area (Å²) in [6, 6.07) is 0. The molecule has 2 aliphatic rings. The molecule has 2 rings (SSSR count). The van der Waals surface area contributed by atoms with Crippen molar-refractivity contribution in [3.63, 3.8) is 0 Å². The molecule has 9 heavy (non-hydrogen) atoms. The average molecular weight is 127 g/mol. The lowest BCUT2D eigenvalue weighted by Gasteiger charge is -2.45. The lowest BCUT2D eigenvalue weighted by Crippen LogP contribution is -2.58. The Morgan fingerprint density at radius 2 is 2.22 bits per heavy atom. The Kier molecular flexibility index (Phi) is 1.24. The topological polar surface area (TPSA) is 21.3 Å². The van der Waals surface area contributed by atoms with Gasteiger partial charge in [0.2, 0.25) is 0 Å². The first-order chi connectivity index (χ1) is 4.41. The monoisotopic (exact) mass is 127 g/mol. The van der Waals surface area contributed by atoms with E-state index in [1.54, 1.807) is 0 Å². The largest absolute Gasteiger partial charge is 0.378 e. The van der Waals surface area contributed by atoms with Gasteiger partial charge in [0, 0.05) is 12.1 Å². The van der Waals surface area contributed by atoms with Crippen LogP contribution in [0.2, 0.25) is 0 Å². The molecule has 2 fully saturated rings. The minimum atomic E-state index is 0.429. The highest BCUT2D eigenvalue weighted by molar-refractivity contribution is 4.97. The van der Waals surface area contributed by atoms with Crippen LogP contribution >= 0.6 is 0 Å². The molecule has 2 nitrogen and oxygen atoms in total. The molecule has 1 heterocycles. The van der Waals surface area contributed by atoms with E-state index in [4.69, 9.17) is 4.74 Å². The fraction of sp³-hybridized carbons (Fsp3) is 1.00. The summed E-state index contributed by atoms with van der Waals surface area (Å²) in [4.78, 5) is 0. The van der Waals surface area contributed by atoms with Gasteiger partial charge in [-0.15, -0.1) is 0 Å². The van der Waals surface area contributed by atoms with Crippen LogP contribution in [0.15, 0.2) is 0 Å². The minimum Gasteiger partial charge on any atom is -0.378 e. The molecule has 1 aliphatic carbocycles. The van der Waals surface area contributed by atoms with Gasteiger partial charge in [-0.25, -0.2) is 0 Å². The maximum Gasteiger partial charge on any atom is 0.0648 e. The summed E-state index contributed by atoms with van der Waals surface area (Å²) in [5.74, 6) is 0. The number of rotatable bonds is 0. The van der Waals surface area contributed by atoms with Crippen LogP contribution in [0.3, 0.4) is 0 Å². The van der Waals surface area contributed by atoms with Crippen LogP contribution in [-0.4, -0.2) is 25.3 Å². The van der Waals surface area contributed by atoms with E-state index < -0.39 is 0 Å². The Labute approximate surface area is 55.6 Å². The van der Waals surface area contributed by atoms with E-state index in [1.807, 2.05) is 0 Å². The van der Waals surface area contributed by atoms with Gasteiger partial charge in [-0.05, 0) is 19.3 Å². The molecular formula is C7H13NO. The lowest BCUT2D eigenvalue weighted by atomic mass is 9.77. The highest BCUT2D eigenvalue weighted by Crippen LogP contribution is 2.32. The summed E-state index contributed by atoms with van der Waals surface area (Å²) in [6.45, 7) is 2.91. The molecule has 0 unspecified atom stereocenters. The normalized spacial score (nSPS) is 32.0. The standard InChI is InChI=1S/C7H13NO/c1-2-7(3-1)6-9-5-4-8-7/h8H,1-6H2. The highest BCUT2D eigenvalue weighted by Gasteiger charge is 2.38. The van der Waals surface area contributed by atoms with Gasteiger partial charge < -0.3 is 10.1 Å². The smallest absolute Gasteiger partial charge is 0.0648 e. The predicted molar refractivity (Wildman–Crippen MR) is 35.4 cm³/mol. The molecule has 1 aliphatic heterocycles. The molecule has 1 spiro atoms. The number of hydrogen-bond acceptors (Lipinski definition) is 2. The number of morpholine rings is 1. The van der Waals surface area contributed by atoms with Crippen molar-refractivity contribution in [3.8, 4) is 0 Å². The SMILES string of the molecule is C1CC2(C1)COCCN2. The van der Waals surface area contributed by atoms with Crippen molar-refractivity contribution >= 4 is 0 Å². The predicted octanol–water partition coefficient (Wildman–Crippen LogP) is 0.529. The average Bonchev–Trinajstić information content (AvgIpc) is 1.87. The summed E-state index contributed by atoms with van der Waals surface area (Å²) in [6.07, 6.45) is 4.04. The lowest BCUT2D eigenvalue weighted by molar-refractivity contribution is -0.0106. The van der Waals surface area contributed by atoms with E-state index >= 15 is 0 Å². The third kappa shape index (κ3) is 0.864. The zero-order valence-corrected chi connectivity index (χ0v) is 5.65. The van der Waals surface area contributed by atoms with Crippen molar-refractivity contribution in [3.05, 3.63) is 0 Å². The molecule has 0 aromatic rings. The maximum absolute atomic E-state index is 5.36. The minimum absolute atomic E-state index is 0.429. The van der Waals surface area contributed by atoms with Crippen molar-refractivity contribution in [1.82, 2.24) is 5.32 Å². The van der Waals surface area contributed by atoms with Crippen LogP contribution in [0, 0.1) is 0 Å². The molecule has 0 atom stereocenters. The second-order valence-corrected chi connectivity index (χ2v) is 3.11. The number of hydrogen-bond donors (Lipinski definition) is 1. The first kappa shape index (κ1) is 5.69. The molecular weight excluding hydrogens is 114 g/mol. The molecule has 0 aromatic carbocycles. The molecule has 0 radical (unpaired) electrons. The van der Waals surface area contributed by atoms with E-state index in [1.165, 1.54) is 19.3 Å². The zero-order chi connectivity index (χ0) is 6.16. The second kappa shape index (κ2) is 1.96. The van der Waals surface area contributed by atoms with Gasteiger partial charge in [0.25, 0.3) is 0 Å². The van der Waals surface area contributed by atoms with E-state index in [0.717, 1.165) is 19.8 Å². The van der Waals surface area contributed by atoms with Gasteiger partial charge in [0.05, 0.1) is 13.2 Å². The fourth-order valence-corrected chi connectivity index (χ4v) is 1.63. The van der Waals surface area contributed by atoms with Crippen LogP contribution in [-0.2, 0) is 4.74 Å². The Morgan fingerprint density at radius 1 is 1.33 bits per heavy atom. The summed E-state index contributed by atoms with van der Waals surface area (Å²) in [5.41, 5.74) is 0.429. The molecule has 2 heteroatoms. The quantitative estimate of drug-likeness (QED) is 0.512. The zero-order valence-electron chi connectivity index (χ0n) is 5.65. The van der Waals surface area contributed by atoms with Gasteiger partial charge in [0.1, 0.15) is 0 Å². The first-order valence-electron chi connectivity index (χ1n) is 3.74. The van der Waals surface area contributed by atoms with Crippen LogP contribution < -0.4 is 5.32 Å². The van der Waals surface area contributed by atoms with Gasteiger partial charge in [0.15, 0.2) is 0 Å². The van der Waals surface area contributed by atoms with Gasteiger partial charge in [-0.3, -0.25) is 0 Å². The summed E-state index contributed by atoms with van der Waals surface area (Å²) >= 11 is 0. The summed E-state index contributed by atoms with van der Waals surface area (Å²) < 4.78 is 5.36. The van der Waals surface area contributed by atoms with Crippen molar-refractivity contribution in [2.75, 3.05) is 19.8 Å². The molecule has 0 bridgehead atoms. The number of ether oxygens (including phenoxy) is 1. The molecule has 1 saturated heterocycles. The van der Waals surface area contributed by atoms with Crippen molar-refractivity contribution < 1.29 is 4.74 Å². The van der Waals surface area contributed by atoms with Crippen molar-refractivity contribution in [1.29, 1.82) is 0 Å². The van der Waals surface area contributed by atoms with Crippen LogP contribution in [0.1, 0.15) is 19.3 Å². The molecule has 0 aromatic heterocycles. The second-order valence-electron chi connectivity index (χ2n) is 3.11. The van der Waals surface area contributed by atoms with Crippen LogP contribution in [0.5, 0.6) is 0 Å². The molecule has 1 N–H and O–H groups in total. The summed E-state index contributed by atoms with van der Waals surface area (Å²) in [5, 5.41) is 3.51. The Hall–Kier alpha value is -0.0800. The van der Waals surface area contributed by atoms with Gasteiger partial charge >= 0.3 is 0 Å². The molecule has 0 amide bonds. The first-order valence-corrected chi connectivity index (χ1v) is 3.74. The highest BCUT2D eigenvalue weighted by atomic mass is 16.5.